The Morgan fingerprint density at radius 3 is 2.52 bits per heavy atom. The lowest BCUT2D eigenvalue weighted by atomic mass is 10.0. The number of carbonyl (C=O) groups excluding carboxylic acids is 1. The molecule has 0 amide bonds. The highest BCUT2D eigenvalue weighted by Crippen LogP contribution is 2.26. The van der Waals surface area contributed by atoms with Crippen LogP contribution in [0.15, 0.2) is 64.5 Å². The summed E-state index contributed by atoms with van der Waals surface area (Å²) in [6, 6.07) is 16.1. The predicted octanol–water partition coefficient (Wildman–Crippen LogP) is 2.89. The summed E-state index contributed by atoms with van der Waals surface area (Å²) in [5.74, 6) is 0.102. The number of carbonyl (C=O) groups is 1. The molecule has 2 heterocycles. The van der Waals surface area contributed by atoms with Gasteiger partial charge in [0.05, 0.1) is 11.5 Å². The maximum atomic E-state index is 12.9. The molecule has 0 bridgehead atoms. The van der Waals surface area contributed by atoms with E-state index in [1.165, 1.54) is 6.42 Å². The Morgan fingerprint density at radius 2 is 1.74 bits per heavy atom. The van der Waals surface area contributed by atoms with Crippen molar-refractivity contribution in [3.05, 3.63) is 65.7 Å². The van der Waals surface area contributed by atoms with Crippen LogP contribution < -0.4 is 4.72 Å². The first-order chi connectivity index (χ1) is 15.1. The van der Waals surface area contributed by atoms with Gasteiger partial charge in [-0.05, 0) is 43.6 Å². The van der Waals surface area contributed by atoms with Crippen molar-refractivity contribution in [2.75, 3.05) is 26.2 Å². The quantitative estimate of drug-likeness (QED) is 0.527. The Labute approximate surface area is 183 Å². The fourth-order valence-corrected chi connectivity index (χ4v) is 5.32. The molecule has 0 aromatic heterocycles. The molecule has 7 nitrogen and oxygen atoms in total. The molecule has 0 radical (unpaired) electrons. The maximum absolute atomic E-state index is 12.9. The zero-order valence-corrected chi connectivity index (χ0v) is 18.2. The molecule has 0 unspecified atom stereocenters. The number of sulfonamides is 1. The Balaban J connectivity index is 1.34. The number of nitrogens with zero attached hydrogens (tertiary/aromatic N) is 2. The molecule has 1 saturated heterocycles. The van der Waals surface area contributed by atoms with Crippen molar-refractivity contribution in [1.29, 1.82) is 0 Å². The number of aliphatic imine (C=N–C) groups is 1. The summed E-state index contributed by atoms with van der Waals surface area (Å²) < 4.78 is 32.4. The van der Waals surface area contributed by atoms with Crippen LogP contribution >= 0.6 is 0 Å². The molecule has 0 saturated carbocycles. The second-order valence-electron chi connectivity index (χ2n) is 7.76. The van der Waals surface area contributed by atoms with E-state index in [9.17, 15) is 13.2 Å². The topological polar surface area (TPSA) is 88.1 Å². The minimum absolute atomic E-state index is 0.237. The van der Waals surface area contributed by atoms with Crippen molar-refractivity contribution in [2.45, 2.75) is 36.6 Å². The number of hydrogen-bond acceptors (Lipinski definition) is 6. The van der Waals surface area contributed by atoms with Crippen molar-refractivity contribution in [3.63, 3.8) is 0 Å². The van der Waals surface area contributed by atoms with Crippen molar-refractivity contribution in [2.24, 2.45) is 4.99 Å². The highest BCUT2D eigenvalue weighted by atomic mass is 32.2. The third kappa shape index (κ3) is 4.97. The lowest BCUT2D eigenvalue weighted by molar-refractivity contribution is -0.151. The maximum Gasteiger partial charge on any atom is 0.328 e. The zero-order valence-electron chi connectivity index (χ0n) is 17.4. The zero-order chi connectivity index (χ0) is 21.7. The van der Waals surface area contributed by atoms with Crippen molar-refractivity contribution >= 4 is 21.8 Å². The molecule has 2 aliphatic rings. The third-order valence-electron chi connectivity index (χ3n) is 5.57. The monoisotopic (exact) mass is 441 g/mol. The molecule has 1 N–H and O–H groups in total. The summed E-state index contributed by atoms with van der Waals surface area (Å²) in [4.78, 5) is 19.7. The van der Waals surface area contributed by atoms with Gasteiger partial charge in [-0.15, -0.1) is 0 Å². The molecule has 2 aromatic rings. The standard InChI is InChI=1S/C23H27N3O4S/c27-23(21(18-10-3-1-4-11-18)26-15-7-2-8-16-26)30-17-9-14-24-22-19-12-5-6-13-20(19)31(28,29)25-22/h1,3-6,10-13,21H,2,7-9,14-17H2,(H,24,25)/t21-/m0/s1. The number of rotatable bonds is 7. The van der Waals surface area contributed by atoms with Crippen molar-refractivity contribution in [1.82, 2.24) is 9.62 Å². The summed E-state index contributed by atoms with van der Waals surface area (Å²) in [5.41, 5.74) is 1.53. The smallest absolute Gasteiger partial charge is 0.328 e. The molecular formula is C23H27N3O4S. The van der Waals surface area contributed by atoms with Crippen LogP contribution in [-0.2, 0) is 19.6 Å². The minimum atomic E-state index is -3.54. The molecule has 2 aliphatic heterocycles. The van der Waals surface area contributed by atoms with Crippen molar-refractivity contribution in [3.8, 4) is 0 Å². The Bertz CT molecular complexity index is 1050. The number of piperidine rings is 1. The van der Waals surface area contributed by atoms with Gasteiger partial charge in [0, 0.05) is 18.5 Å². The number of esters is 1. The van der Waals surface area contributed by atoms with Crippen LogP contribution in [0.1, 0.15) is 42.9 Å². The van der Waals surface area contributed by atoms with Crippen LogP contribution in [-0.4, -0.2) is 51.4 Å². The fraction of sp³-hybridized carbons (Fsp3) is 0.391. The van der Waals surface area contributed by atoms with E-state index in [1.807, 2.05) is 30.3 Å². The van der Waals surface area contributed by atoms with E-state index in [2.05, 4.69) is 14.6 Å². The molecule has 2 aromatic carbocycles. The van der Waals surface area contributed by atoms with Crippen LogP contribution in [0.25, 0.3) is 0 Å². The second-order valence-corrected chi connectivity index (χ2v) is 9.41. The Hall–Kier alpha value is -2.71. The van der Waals surface area contributed by atoms with E-state index in [4.69, 9.17) is 4.74 Å². The molecule has 164 valence electrons. The van der Waals surface area contributed by atoms with Gasteiger partial charge in [0.2, 0.25) is 0 Å². The van der Waals surface area contributed by atoms with Gasteiger partial charge in [0.1, 0.15) is 11.9 Å². The van der Waals surface area contributed by atoms with Gasteiger partial charge in [-0.3, -0.25) is 14.6 Å². The van der Waals surface area contributed by atoms with E-state index in [0.29, 0.717) is 24.4 Å². The first kappa shape index (κ1) is 21.5. The molecular weight excluding hydrogens is 414 g/mol. The lowest BCUT2D eigenvalue weighted by Gasteiger charge is -2.33. The summed E-state index contributed by atoms with van der Waals surface area (Å²) in [5, 5.41) is 0. The SMILES string of the molecule is O=C(OCCCN=C1NS(=O)(=O)c2ccccc21)[C@H](c1ccccc1)N1CCCCC1. The number of amidine groups is 1. The largest absolute Gasteiger partial charge is 0.464 e. The van der Waals surface area contributed by atoms with Crippen LogP contribution in [0.2, 0.25) is 0 Å². The summed E-state index contributed by atoms with van der Waals surface area (Å²) in [6.07, 6.45) is 3.89. The minimum Gasteiger partial charge on any atom is -0.464 e. The lowest BCUT2D eigenvalue weighted by Crippen LogP contribution is -2.38. The number of ether oxygens (including phenoxy) is 1. The van der Waals surface area contributed by atoms with Crippen LogP contribution in [0, 0.1) is 0 Å². The van der Waals surface area contributed by atoms with Crippen LogP contribution in [0.3, 0.4) is 0 Å². The third-order valence-corrected chi connectivity index (χ3v) is 6.97. The van der Waals surface area contributed by atoms with Crippen LogP contribution in [0.4, 0.5) is 0 Å². The van der Waals surface area contributed by atoms with E-state index in [0.717, 1.165) is 31.5 Å². The van der Waals surface area contributed by atoms with Gasteiger partial charge in [-0.2, -0.15) is 0 Å². The predicted molar refractivity (Wildman–Crippen MR) is 118 cm³/mol. The van der Waals surface area contributed by atoms with Gasteiger partial charge in [0.15, 0.2) is 0 Å². The van der Waals surface area contributed by atoms with Gasteiger partial charge >= 0.3 is 5.97 Å². The Kier molecular flexibility index (Phi) is 6.67. The average molecular weight is 442 g/mol. The number of likely N-dealkylation sites (tertiary alicyclic amines) is 1. The Morgan fingerprint density at radius 1 is 1.03 bits per heavy atom. The summed E-state index contributed by atoms with van der Waals surface area (Å²) in [6.45, 7) is 2.38. The summed E-state index contributed by atoms with van der Waals surface area (Å²) in [7, 11) is -3.54. The normalized spacial score (nSPS) is 20.1. The molecule has 4 rings (SSSR count). The molecule has 1 atom stereocenters. The van der Waals surface area contributed by atoms with Gasteiger partial charge in [-0.1, -0.05) is 48.9 Å². The molecule has 1 fully saturated rings. The summed E-state index contributed by atoms with van der Waals surface area (Å²) >= 11 is 0. The van der Waals surface area contributed by atoms with E-state index < -0.39 is 10.0 Å². The second kappa shape index (κ2) is 9.62. The number of hydrogen-bond donors (Lipinski definition) is 1. The van der Waals surface area contributed by atoms with E-state index >= 15 is 0 Å². The van der Waals surface area contributed by atoms with Crippen molar-refractivity contribution < 1.29 is 17.9 Å². The number of benzene rings is 2. The highest BCUT2D eigenvalue weighted by Gasteiger charge is 2.31. The fourth-order valence-electron chi connectivity index (χ4n) is 4.07. The van der Waals surface area contributed by atoms with E-state index in [1.54, 1.807) is 24.3 Å². The number of nitrogens with one attached hydrogen (secondary N) is 1. The number of fused-ring (bicyclic) bond motifs is 1. The molecule has 0 aliphatic carbocycles. The molecule has 0 spiro atoms. The molecule has 8 heteroatoms. The first-order valence-electron chi connectivity index (χ1n) is 10.7. The highest BCUT2D eigenvalue weighted by molar-refractivity contribution is 7.90. The first-order valence-corrected chi connectivity index (χ1v) is 12.2. The van der Waals surface area contributed by atoms with Gasteiger partial charge < -0.3 is 4.74 Å². The molecule has 31 heavy (non-hydrogen) atoms. The van der Waals surface area contributed by atoms with Gasteiger partial charge in [-0.25, -0.2) is 13.2 Å². The van der Waals surface area contributed by atoms with E-state index in [-0.39, 0.29) is 23.5 Å². The van der Waals surface area contributed by atoms with Crippen LogP contribution in [0.5, 0.6) is 0 Å². The average Bonchev–Trinajstić information content (AvgIpc) is 3.05. The van der Waals surface area contributed by atoms with Gasteiger partial charge in [0.25, 0.3) is 10.0 Å².